The van der Waals surface area contributed by atoms with Gasteiger partial charge in [0.2, 0.25) is 0 Å². The molecule has 0 fully saturated rings. The first-order valence-corrected chi connectivity index (χ1v) is 6.39. The highest BCUT2D eigenvalue weighted by Gasteiger charge is 2.15. The number of carbonyl (C=O) groups excluding carboxylic acids is 1. The smallest absolute Gasteiger partial charge is 0.320 e. The van der Waals surface area contributed by atoms with E-state index in [1.807, 2.05) is 6.92 Å². The van der Waals surface area contributed by atoms with Crippen LogP contribution < -0.4 is 0 Å². The van der Waals surface area contributed by atoms with E-state index in [4.69, 9.17) is 4.74 Å². The molecule has 0 amide bonds. The maximum atomic E-state index is 13.6. The molecule has 1 rings (SSSR count). The molecule has 0 atom stereocenters. The molecule has 0 aliphatic rings. The van der Waals surface area contributed by atoms with Crippen molar-refractivity contribution in [2.45, 2.75) is 26.8 Å². The maximum Gasteiger partial charge on any atom is 0.320 e. The average molecular weight is 271 g/mol. The van der Waals surface area contributed by atoms with Crippen LogP contribution in [0, 0.1) is 11.6 Å². The molecular formula is C14H19F2NO2. The summed E-state index contributed by atoms with van der Waals surface area (Å²) >= 11 is 0. The van der Waals surface area contributed by atoms with Gasteiger partial charge in [-0.1, -0.05) is 19.1 Å². The number of hydrogen-bond acceptors (Lipinski definition) is 3. The molecule has 1 aromatic carbocycles. The zero-order chi connectivity index (χ0) is 14.3. The largest absolute Gasteiger partial charge is 0.465 e. The molecule has 106 valence electrons. The third kappa shape index (κ3) is 4.95. The van der Waals surface area contributed by atoms with Crippen molar-refractivity contribution in [2.75, 3.05) is 19.7 Å². The lowest BCUT2D eigenvalue weighted by Crippen LogP contribution is -2.31. The Bertz CT molecular complexity index is 424. The molecule has 0 radical (unpaired) electrons. The van der Waals surface area contributed by atoms with Crippen molar-refractivity contribution in [3.05, 3.63) is 35.4 Å². The van der Waals surface area contributed by atoms with Crippen LogP contribution in [0.3, 0.4) is 0 Å². The highest BCUT2D eigenvalue weighted by Crippen LogP contribution is 2.14. The molecule has 0 aromatic heterocycles. The number of ether oxygens (including phenoxy) is 1. The van der Waals surface area contributed by atoms with E-state index in [2.05, 4.69) is 0 Å². The van der Waals surface area contributed by atoms with Crippen LogP contribution in [0.2, 0.25) is 0 Å². The van der Waals surface area contributed by atoms with Gasteiger partial charge in [-0.05, 0) is 26.0 Å². The quantitative estimate of drug-likeness (QED) is 0.714. The number of benzene rings is 1. The zero-order valence-electron chi connectivity index (χ0n) is 11.3. The molecule has 1 aromatic rings. The second-order valence-electron chi connectivity index (χ2n) is 4.23. The fraction of sp³-hybridized carbons (Fsp3) is 0.500. The summed E-state index contributed by atoms with van der Waals surface area (Å²) in [5.74, 6) is -2.08. The van der Waals surface area contributed by atoms with Crippen LogP contribution >= 0.6 is 0 Å². The van der Waals surface area contributed by atoms with Crippen LogP contribution in [-0.2, 0) is 16.1 Å². The zero-order valence-corrected chi connectivity index (χ0v) is 11.3. The Labute approximate surface area is 112 Å². The lowest BCUT2D eigenvalue weighted by Gasteiger charge is -2.20. The van der Waals surface area contributed by atoms with E-state index in [0.29, 0.717) is 13.2 Å². The third-order valence-corrected chi connectivity index (χ3v) is 2.62. The number of nitrogens with zero attached hydrogens (tertiary/aromatic N) is 1. The standard InChI is InChI=1S/C14H19F2NO2/c1-3-8-17(10-13(18)19-4-2)9-11-6-5-7-12(15)14(11)16/h5-7H,3-4,8-10H2,1-2H3. The van der Waals surface area contributed by atoms with Gasteiger partial charge in [-0.15, -0.1) is 0 Å². The van der Waals surface area contributed by atoms with Gasteiger partial charge in [0.25, 0.3) is 0 Å². The molecule has 3 nitrogen and oxygen atoms in total. The first kappa shape index (κ1) is 15.6. The van der Waals surface area contributed by atoms with Crippen LogP contribution in [0.5, 0.6) is 0 Å². The molecule has 0 spiro atoms. The average Bonchev–Trinajstić information content (AvgIpc) is 2.35. The second kappa shape index (κ2) is 7.84. The third-order valence-electron chi connectivity index (χ3n) is 2.62. The number of hydrogen-bond donors (Lipinski definition) is 0. The van der Waals surface area contributed by atoms with Crippen LogP contribution in [0.15, 0.2) is 18.2 Å². The van der Waals surface area contributed by atoms with Gasteiger partial charge in [0, 0.05) is 12.1 Å². The van der Waals surface area contributed by atoms with Gasteiger partial charge in [-0.25, -0.2) is 8.78 Å². The van der Waals surface area contributed by atoms with E-state index in [1.54, 1.807) is 11.8 Å². The molecule has 0 bridgehead atoms. The van der Waals surface area contributed by atoms with Crippen LogP contribution in [0.25, 0.3) is 0 Å². The molecule has 0 N–H and O–H groups in total. The highest BCUT2D eigenvalue weighted by atomic mass is 19.2. The Morgan fingerprint density at radius 3 is 2.68 bits per heavy atom. The van der Waals surface area contributed by atoms with Crippen molar-refractivity contribution >= 4 is 5.97 Å². The van der Waals surface area contributed by atoms with Crippen molar-refractivity contribution < 1.29 is 18.3 Å². The molecule has 0 aliphatic carbocycles. The first-order valence-electron chi connectivity index (χ1n) is 6.39. The minimum absolute atomic E-state index is 0.0810. The Hall–Kier alpha value is -1.49. The minimum Gasteiger partial charge on any atom is -0.465 e. The topological polar surface area (TPSA) is 29.5 Å². The molecule has 0 aliphatic heterocycles. The van der Waals surface area contributed by atoms with Crippen molar-refractivity contribution in [2.24, 2.45) is 0 Å². The molecule has 19 heavy (non-hydrogen) atoms. The van der Waals surface area contributed by atoms with E-state index < -0.39 is 11.6 Å². The monoisotopic (exact) mass is 271 g/mol. The molecule has 0 saturated heterocycles. The Morgan fingerprint density at radius 1 is 1.32 bits per heavy atom. The molecular weight excluding hydrogens is 252 g/mol. The van der Waals surface area contributed by atoms with Gasteiger partial charge >= 0.3 is 5.97 Å². The predicted molar refractivity (Wildman–Crippen MR) is 68.6 cm³/mol. The predicted octanol–water partition coefficient (Wildman–Crippen LogP) is 2.74. The summed E-state index contributed by atoms with van der Waals surface area (Å²) in [4.78, 5) is 13.2. The second-order valence-corrected chi connectivity index (χ2v) is 4.23. The van der Waals surface area contributed by atoms with Gasteiger partial charge in [0.05, 0.1) is 13.2 Å². The summed E-state index contributed by atoms with van der Waals surface area (Å²) < 4.78 is 31.5. The summed E-state index contributed by atoms with van der Waals surface area (Å²) in [6.07, 6.45) is 0.816. The van der Waals surface area contributed by atoms with E-state index in [0.717, 1.165) is 12.5 Å². The normalized spacial score (nSPS) is 10.8. The van der Waals surface area contributed by atoms with Gasteiger partial charge < -0.3 is 4.74 Å². The van der Waals surface area contributed by atoms with Crippen molar-refractivity contribution in [3.8, 4) is 0 Å². The van der Waals surface area contributed by atoms with Crippen LogP contribution in [-0.4, -0.2) is 30.6 Å². The summed E-state index contributed by atoms with van der Waals surface area (Å²) in [7, 11) is 0. The summed E-state index contributed by atoms with van der Waals surface area (Å²) in [5.41, 5.74) is 0.248. The molecule has 0 unspecified atom stereocenters. The van der Waals surface area contributed by atoms with E-state index in [1.165, 1.54) is 12.1 Å². The van der Waals surface area contributed by atoms with Crippen molar-refractivity contribution in [3.63, 3.8) is 0 Å². The lowest BCUT2D eigenvalue weighted by molar-refractivity contribution is -0.144. The van der Waals surface area contributed by atoms with Gasteiger partial charge in [-0.2, -0.15) is 0 Å². The Kier molecular flexibility index (Phi) is 6.42. The number of carbonyl (C=O) groups is 1. The SMILES string of the molecule is CCCN(CC(=O)OCC)Cc1cccc(F)c1F. The van der Waals surface area contributed by atoms with E-state index in [9.17, 15) is 13.6 Å². The summed E-state index contributed by atoms with van der Waals surface area (Å²) in [6, 6.07) is 4.06. The maximum absolute atomic E-state index is 13.6. The molecule has 0 saturated carbocycles. The van der Waals surface area contributed by atoms with Crippen LogP contribution in [0.1, 0.15) is 25.8 Å². The van der Waals surface area contributed by atoms with Gasteiger partial charge in [0.1, 0.15) is 0 Å². The van der Waals surface area contributed by atoms with Gasteiger partial charge in [-0.3, -0.25) is 9.69 Å². The highest BCUT2D eigenvalue weighted by molar-refractivity contribution is 5.71. The molecule has 0 heterocycles. The van der Waals surface area contributed by atoms with E-state index in [-0.39, 0.29) is 24.6 Å². The van der Waals surface area contributed by atoms with E-state index >= 15 is 0 Å². The van der Waals surface area contributed by atoms with Crippen molar-refractivity contribution in [1.82, 2.24) is 4.90 Å². The van der Waals surface area contributed by atoms with Crippen LogP contribution in [0.4, 0.5) is 8.78 Å². The first-order chi connectivity index (χ1) is 9.08. The summed E-state index contributed by atoms with van der Waals surface area (Å²) in [5, 5.41) is 0. The van der Waals surface area contributed by atoms with Crippen molar-refractivity contribution in [1.29, 1.82) is 0 Å². The number of halogens is 2. The lowest BCUT2D eigenvalue weighted by atomic mass is 10.2. The fourth-order valence-corrected chi connectivity index (χ4v) is 1.83. The summed E-state index contributed by atoms with van der Waals surface area (Å²) in [6.45, 7) is 4.89. The molecule has 5 heteroatoms. The van der Waals surface area contributed by atoms with Gasteiger partial charge in [0.15, 0.2) is 11.6 Å². The number of rotatable bonds is 7. The fourth-order valence-electron chi connectivity index (χ4n) is 1.83. The Morgan fingerprint density at radius 2 is 2.05 bits per heavy atom. The minimum atomic E-state index is -0.870. The Balaban J connectivity index is 2.72. The number of esters is 1.